The SMILES string of the molecule is CCOc1nc(N2CCC(N(C)C)CC2)ccc1-c1nc2c(C)nn(C3CCCCC3)c2c(=O)[nH]1. The van der Waals surface area contributed by atoms with Gasteiger partial charge in [-0.05, 0) is 65.8 Å². The van der Waals surface area contributed by atoms with Crippen molar-refractivity contribution < 1.29 is 4.74 Å². The predicted molar refractivity (Wildman–Crippen MR) is 138 cm³/mol. The third-order valence-corrected chi connectivity index (χ3v) is 7.55. The Morgan fingerprint density at radius 1 is 1.09 bits per heavy atom. The number of H-pyrrole nitrogens is 1. The van der Waals surface area contributed by atoms with Crippen molar-refractivity contribution in [2.24, 2.45) is 0 Å². The molecule has 1 N–H and O–H groups in total. The van der Waals surface area contributed by atoms with Crippen molar-refractivity contribution in [3.05, 3.63) is 28.2 Å². The molecule has 3 aromatic heterocycles. The number of nitrogens with zero attached hydrogens (tertiary/aromatic N) is 6. The van der Waals surface area contributed by atoms with Gasteiger partial charge in [0.2, 0.25) is 5.88 Å². The second kappa shape index (κ2) is 9.97. The first-order valence-corrected chi connectivity index (χ1v) is 13.0. The molecule has 0 radical (unpaired) electrons. The molecule has 188 valence electrons. The van der Waals surface area contributed by atoms with Crippen LogP contribution in [0.25, 0.3) is 22.4 Å². The van der Waals surface area contributed by atoms with E-state index in [2.05, 4.69) is 28.9 Å². The van der Waals surface area contributed by atoms with Crippen LogP contribution in [-0.4, -0.2) is 69.5 Å². The molecular weight excluding hydrogens is 442 g/mol. The summed E-state index contributed by atoms with van der Waals surface area (Å²) in [6, 6.07) is 4.85. The van der Waals surface area contributed by atoms with Crippen LogP contribution in [0.3, 0.4) is 0 Å². The zero-order valence-electron chi connectivity index (χ0n) is 21.4. The molecular formula is C26H37N7O2. The van der Waals surface area contributed by atoms with Crippen molar-refractivity contribution in [3.8, 4) is 17.3 Å². The maximum absolute atomic E-state index is 13.3. The van der Waals surface area contributed by atoms with Crippen molar-refractivity contribution >= 4 is 16.9 Å². The van der Waals surface area contributed by atoms with Crippen molar-refractivity contribution in [1.82, 2.24) is 29.6 Å². The van der Waals surface area contributed by atoms with Crippen LogP contribution < -0.4 is 15.2 Å². The van der Waals surface area contributed by atoms with E-state index < -0.39 is 0 Å². The van der Waals surface area contributed by atoms with E-state index in [1.165, 1.54) is 19.3 Å². The van der Waals surface area contributed by atoms with Crippen LogP contribution in [0.5, 0.6) is 5.88 Å². The molecule has 1 saturated carbocycles. The Balaban J connectivity index is 1.49. The van der Waals surface area contributed by atoms with E-state index in [1.807, 2.05) is 30.7 Å². The zero-order chi connectivity index (χ0) is 24.5. The van der Waals surface area contributed by atoms with Gasteiger partial charge in [0.1, 0.15) is 17.2 Å². The fraction of sp³-hybridized carbons (Fsp3) is 0.615. The van der Waals surface area contributed by atoms with Crippen LogP contribution in [0, 0.1) is 6.92 Å². The van der Waals surface area contributed by atoms with Gasteiger partial charge in [0.15, 0.2) is 5.52 Å². The summed E-state index contributed by atoms with van der Waals surface area (Å²) in [5.74, 6) is 1.88. The number of piperidine rings is 1. The molecule has 0 bridgehead atoms. The number of aromatic nitrogens is 5. The molecule has 1 aliphatic carbocycles. The maximum Gasteiger partial charge on any atom is 0.277 e. The fourth-order valence-electron chi connectivity index (χ4n) is 5.55. The molecule has 1 aliphatic heterocycles. The molecule has 3 aromatic rings. The van der Waals surface area contributed by atoms with Gasteiger partial charge < -0.3 is 19.5 Å². The van der Waals surface area contributed by atoms with Gasteiger partial charge in [-0.1, -0.05) is 19.3 Å². The zero-order valence-corrected chi connectivity index (χ0v) is 21.4. The summed E-state index contributed by atoms with van der Waals surface area (Å²) < 4.78 is 7.85. The van der Waals surface area contributed by atoms with Crippen molar-refractivity contribution in [3.63, 3.8) is 0 Å². The van der Waals surface area contributed by atoms with Crippen molar-refractivity contribution in [1.29, 1.82) is 0 Å². The van der Waals surface area contributed by atoms with Gasteiger partial charge in [-0.2, -0.15) is 10.1 Å². The molecule has 9 nitrogen and oxygen atoms in total. The summed E-state index contributed by atoms with van der Waals surface area (Å²) in [6.07, 6.45) is 7.94. The van der Waals surface area contributed by atoms with Gasteiger partial charge in [0, 0.05) is 19.1 Å². The summed E-state index contributed by atoms with van der Waals surface area (Å²) in [6.45, 7) is 6.28. The lowest BCUT2D eigenvalue weighted by molar-refractivity contribution is 0.249. The van der Waals surface area contributed by atoms with Gasteiger partial charge in [0.05, 0.1) is 23.9 Å². The first-order valence-electron chi connectivity index (χ1n) is 13.0. The number of hydrogen-bond donors (Lipinski definition) is 1. The molecule has 2 aliphatic rings. The van der Waals surface area contributed by atoms with E-state index in [-0.39, 0.29) is 11.6 Å². The lowest BCUT2D eigenvalue weighted by Crippen LogP contribution is -2.42. The molecule has 1 saturated heterocycles. The fourth-order valence-corrected chi connectivity index (χ4v) is 5.55. The van der Waals surface area contributed by atoms with Gasteiger partial charge in [-0.15, -0.1) is 0 Å². The number of fused-ring (bicyclic) bond motifs is 1. The minimum absolute atomic E-state index is 0.159. The molecule has 0 aromatic carbocycles. The van der Waals surface area contributed by atoms with Crippen molar-refractivity contribution in [2.45, 2.75) is 70.9 Å². The smallest absolute Gasteiger partial charge is 0.277 e. The third-order valence-electron chi connectivity index (χ3n) is 7.55. The van der Waals surface area contributed by atoms with E-state index in [9.17, 15) is 4.79 Å². The number of pyridine rings is 1. The maximum atomic E-state index is 13.3. The Labute approximate surface area is 206 Å². The lowest BCUT2D eigenvalue weighted by atomic mass is 9.95. The first kappa shape index (κ1) is 23.8. The van der Waals surface area contributed by atoms with Gasteiger partial charge in [0.25, 0.3) is 5.56 Å². The Kier molecular flexibility index (Phi) is 6.77. The second-order valence-electron chi connectivity index (χ2n) is 10.1. The number of aryl methyl sites for hydroxylation is 1. The average Bonchev–Trinajstić information content (AvgIpc) is 3.21. The average molecular weight is 480 g/mol. The Bertz CT molecular complexity index is 1230. The van der Waals surface area contributed by atoms with Crippen LogP contribution in [0.1, 0.15) is 63.6 Å². The minimum atomic E-state index is -0.159. The molecule has 35 heavy (non-hydrogen) atoms. The lowest BCUT2D eigenvalue weighted by Gasteiger charge is -2.36. The molecule has 5 rings (SSSR count). The molecule has 0 amide bonds. The highest BCUT2D eigenvalue weighted by Gasteiger charge is 2.25. The van der Waals surface area contributed by atoms with Gasteiger partial charge in [-0.3, -0.25) is 9.48 Å². The number of hydrogen-bond acceptors (Lipinski definition) is 7. The highest BCUT2D eigenvalue weighted by atomic mass is 16.5. The topological polar surface area (TPSA) is 92.2 Å². The molecule has 0 spiro atoms. The summed E-state index contributed by atoms with van der Waals surface area (Å²) in [5, 5.41) is 4.74. The normalized spacial score (nSPS) is 18.0. The number of ether oxygens (including phenoxy) is 1. The number of rotatable bonds is 6. The molecule has 4 heterocycles. The highest BCUT2D eigenvalue weighted by molar-refractivity contribution is 5.79. The van der Waals surface area contributed by atoms with Crippen LogP contribution in [0.15, 0.2) is 16.9 Å². The quantitative estimate of drug-likeness (QED) is 0.573. The number of aromatic amines is 1. The van der Waals surface area contributed by atoms with E-state index in [1.54, 1.807) is 0 Å². The Hall–Kier alpha value is -2.94. The summed E-state index contributed by atoms with van der Waals surface area (Å²) in [7, 11) is 4.29. The van der Waals surface area contributed by atoms with Gasteiger partial charge in [-0.25, -0.2) is 4.98 Å². The number of anilines is 1. The van der Waals surface area contributed by atoms with Crippen LogP contribution in [0.2, 0.25) is 0 Å². The van der Waals surface area contributed by atoms with Crippen LogP contribution in [-0.2, 0) is 0 Å². The monoisotopic (exact) mass is 479 g/mol. The summed E-state index contributed by atoms with van der Waals surface area (Å²) >= 11 is 0. The van der Waals surface area contributed by atoms with Crippen LogP contribution >= 0.6 is 0 Å². The predicted octanol–water partition coefficient (Wildman–Crippen LogP) is 3.92. The Morgan fingerprint density at radius 2 is 1.83 bits per heavy atom. The summed E-state index contributed by atoms with van der Waals surface area (Å²) in [4.78, 5) is 30.6. The first-order chi connectivity index (χ1) is 17.0. The third kappa shape index (κ3) is 4.66. The Morgan fingerprint density at radius 3 is 2.51 bits per heavy atom. The summed E-state index contributed by atoms with van der Waals surface area (Å²) in [5.41, 5.74) is 2.55. The molecule has 2 fully saturated rings. The largest absolute Gasteiger partial charge is 0.477 e. The van der Waals surface area contributed by atoms with E-state index in [4.69, 9.17) is 19.8 Å². The second-order valence-corrected chi connectivity index (χ2v) is 10.1. The van der Waals surface area contributed by atoms with E-state index in [0.29, 0.717) is 40.9 Å². The van der Waals surface area contributed by atoms with E-state index in [0.717, 1.165) is 50.3 Å². The minimum Gasteiger partial charge on any atom is -0.477 e. The highest BCUT2D eigenvalue weighted by Crippen LogP contribution is 2.33. The van der Waals surface area contributed by atoms with Crippen LogP contribution in [0.4, 0.5) is 5.82 Å². The molecule has 0 atom stereocenters. The van der Waals surface area contributed by atoms with E-state index >= 15 is 0 Å². The standard InChI is InChI=1S/C26H37N7O2/c1-5-35-26-20(11-12-21(27-26)32-15-13-18(14-16-32)31(3)4)24-28-22-17(2)30-33(23(22)25(34)29-24)19-9-7-6-8-10-19/h11-12,18-19H,5-10,13-16H2,1-4H3,(H,28,29,34). The number of nitrogens with one attached hydrogen (secondary N) is 1. The van der Waals surface area contributed by atoms with Gasteiger partial charge >= 0.3 is 0 Å². The molecule has 0 unspecified atom stereocenters. The van der Waals surface area contributed by atoms with Crippen molar-refractivity contribution in [2.75, 3.05) is 38.7 Å². The molecule has 9 heteroatoms.